The normalized spacial score (nSPS) is 11.0. The zero-order valence-electron chi connectivity index (χ0n) is 13.9. The van der Waals surface area contributed by atoms with Gasteiger partial charge in [0.15, 0.2) is 0 Å². The van der Waals surface area contributed by atoms with Gasteiger partial charge in [-0.05, 0) is 24.3 Å². The Morgan fingerprint density at radius 3 is 2.65 bits per heavy atom. The molecule has 0 unspecified atom stereocenters. The molecule has 0 saturated carbocycles. The van der Waals surface area contributed by atoms with E-state index in [0.717, 1.165) is 21.5 Å². The van der Waals surface area contributed by atoms with Crippen molar-refractivity contribution in [3.63, 3.8) is 0 Å². The second-order valence-corrected chi connectivity index (χ2v) is 7.26. The molecule has 0 spiro atoms. The third-order valence-corrected chi connectivity index (χ3v) is 5.75. The van der Waals surface area contributed by atoms with Crippen LogP contribution in [0.2, 0.25) is 5.02 Å². The molecule has 0 aliphatic rings. The number of carbonyl (C=O) groups excluding carboxylic acids is 1. The fourth-order valence-electron chi connectivity index (χ4n) is 2.76. The van der Waals surface area contributed by atoms with Crippen molar-refractivity contribution in [1.29, 1.82) is 0 Å². The van der Waals surface area contributed by atoms with Gasteiger partial charge in [-0.3, -0.25) is 4.79 Å². The first-order valence-electron chi connectivity index (χ1n) is 8.27. The maximum atomic E-state index is 12.4. The number of amides is 1. The van der Waals surface area contributed by atoms with E-state index in [2.05, 4.69) is 10.4 Å². The number of rotatable bonds is 5. The van der Waals surface area contributed by atoms with Gasteiger partial charge in [-0.2, -0.15) is 5.10 Å². The Bertz CT molecular complexity index is 1060. The largest absolute Gasteiger partial charge is 0.351 e. The Hall–Kier alpha value is -2.63. The molecule has 4 nitrogen and oxygen atoms in total. The smallest absolute Gasteiger partial charge is 0.262 e. The predicted molar refractivity (Wildman–Crippen MR) is 106 cm³/mol. The summed E-state index contributed by atoms with van der Waals surface area (Å²) in [4.78, 5) is 13.0. The quantitative estimate of drug-likeness (QED) is 0.544. The molecule has 1 N–H and O–H groups in total. The molecule has 6 heteroatoms. The van der Waals surface area contributed by atoms with E-state index in [1.165, 1.54) is 11.3 Å². The van der Waals surface area contributed by atoms with Crippen molar-refractivity contribution in [1.82, 2.24) is 15.1 Å². The maximum absolute atomic E-state index is 12.4. The second-order valence-electron chi connectivity index (χ2n) is 5.83. The van der Waals surface area contributed by atoms with Gasteiger partial charge in [0.1, 0.15) is 4.88 Å². The van der Waals surface area contributed by atoms with Crippen LogP contribution in [0.1, 0.15) is 15.4 Å². The molecular weight excluding hydrogens is 366 g/mol. The minimum Gasteiger partial charge on any atom is -0.351 e. The van der Waals surface area contributed by atoms with Crippen molar-refractivity contribution in [3.8, 4) is 5.69 Å². The van der Waals surface area contributed by atoms with Gasteiger partial charge in [0, 0.05) is 29.2 Å². The van der Waals surface area contributed by atoms with Crippen LogP contribution in [0.3, 0.4) is 0 Å². The van der Waals surface area contributed by atoms with E-state index in [1.54, 1.807) is 0 Å². The SMILES string of the molecule is O=C(NCCc1ccn(-c2ccccc2)n1)c1sc2ccccc2c1Cl. The summed E-state index contributed by atoms with van der Waals surface area (Å²) < 4.78 is 2.85. The van der Waals surface area contributed by atoms with Crippen molar-refractivity contribution in [2.45, 2.75) is 6.42 Å². The standard InChI is InChI=1S/C20H16ClN3OS/c21-18-16-8-4-5-9-17(16)26-19(18)20(25)22-12-10-14-11-13-24(23-14)15-6-2-1-3-7-15/h1-9,11,13H,10,12H2,(H,22,25). The minimum atomic E-state index is -0.140. The highest BCUT2D eigenvalue weighted by Gasteiger charge is 2.16. The van der Waals surface area contributed by atoms with E-state index in [4.69, 9.17) is 11.6 Å². The van der Waals surface area contributed by atoms with Gasteiger partial charge < -0.3 is 5.32 Å². The lowest BCUT2D eigenvalue weighted by Crippen LogP contribution is -2.25. The van der Waals surface area contributed by atoms with Crippen LogP contribution in [0.15, 0.2) is 66.9 Å². The van der Waals surface area contributed by atoms with Crippen molar-refractivity contribution < 1.29 is 4.79 Å². The van der Waals surface area contributed by atoms with Crippen LogP contribution in [-0.4, -0.2) is 22.2 Å². The van der Waals surface area contributed by atoms with Gasteiger partial charge in [-0.15, -0.1) is 11.3 Å². The van der Waals surface area contributed by atoms with Crippen LogP contribution >= 0.6 is 22.9 Å². The van der Waals surface area contributed by atoms with E-state index in [-0.39, 0.29) is 5.91 Å². The maximum Gasteiger partial charge on any atom is 0.262 e. The number of benzene rings is 2. The van der Waals surface area contributed by atoms with Gasteiger partial charge in [-0.25, -0.2) is 4.68 Å². The predicted octanol–water partition coefficient (Wildman–Crippen LogP) is 4.71. The van der Waals surface area contributed by atoms with Gasteiger partial charge >= 0.3 is 0 Å². The molecule has 4 aromatic rings. The molecule has 0 saturated heterocycles. The van der Waals surface area contributed by atoms with Crippen LogP contribution in [0.5, 0.6) is 0 Å². The number of carbonyl (C=O) groups is 1. The molecule has 2 heterocycles. The summed E-state index contributed by atoms with van der Waals surface area (Å²) in [7, 11) is 0. The molecule has 0 bridgehead atoms. The van der Waals surface area contributed by atoms with Crippen molar-refractivity contribution in [3.05, 3.63) is 82.5 Å². The molecule has 1 amide bonds. The van der Waals surface area contributed by atoms with E-state index < -0.39 is 0 Å². The zero-order valence-corrected chi connectivity index (χ0v) is 15.4. The van der Waals surface area contributed by atoms with E-state index in [0.29, 0.717) is 22.9 Å². The molecule has 130 valence electrons. The van der Waals surface area contributed by atoms with E-state index in [1.807, 2.05) is 71.5 Å². The number of para-hydroxylation sites is 1. The number of thiophene rings is 1. The summed E-state index contributed by atoms with van der Waals surface area (Å²) in [6.07, 6.45) is 2.59. The van der Waals surface area contributed by atoms with Crippen molar-refractivity contribution in [2.75, 3.05) is 6.54 Å². The summed E-state index contributed by atoms with van der Waals surface area (Å²) in [6.45, 7) is 0.509. The Morgan fingerprint density at radius 1 is 1.08 bits per heavy atom. The Balaban J connectivity index is 1.39. The molecule has 0 atom stereocenters. The molecule has 0 fully saturated rings. The van der Waals surface area contributed by atoms with Crippen molar-refractivity contribution in [2.24, 2.45) is 0 Å². The third kappa shape index (κ3) is 3.36. The molecule has 0 aliphatic heterocycles. The zero-order chi connectivity index (χ0) is 17.9. The summed E-state index contributed by atoms with van der Waals surface area (Å²) in [5.74, 6) is -0.140. The number of nitrogens with zero attached hydrogens (tertiary/aromatic N) is 2. The summed E-state index contributed by atoms with van der Waals surface area (Å²) in [6, 6.07) is 19.7. The fourth-order valence-corrected chi connectivity index (χ4v) is 4.20. The molecule has 0 aliphatic carbocycles. The van der Waals surface area contributed by atoms with Crippen LogP contribution in [0.25, 0.3) is 15.8 Å². The molecule has 4 rings (SSSR count). The first-order valence-corrected chi connectivity index (χ1v) is 9.47. The van der Waals surface area contributed by atoms with Gasteiger partial charge in [0.2, 0.25) is 0 Å². The number of hydrogen-bond donors (Lipinski definition) is 1. The first kappa shape index (κ1) is 16.8. The molecule has 2 aromatic heterocycles. The number of nitrogens with one attached hydrogen (secondary N) is 1. The Labute approximate surface area is 160 Å². The lowest BCUT2D eigenvalue weighted by atomic mass is 10.2. The summed E-state index contributed by atoms with van der Waals surface area (Å²) in [5, 5.41) is 8.93. The Morgan fingerprint density at radius 2 is 1.85 bits per heavy atom. The highest BCUT2D eigenvalue weighted by atomic mass is 35.5. The van der Waals surface area contributed by atoms with Crippen LogP contribution in [0, 0.1) is 0 Å². The van der Waals surface area contributed by atoms with Crippen LogP contribution in [0.4, 0.5) is 0 Å². The first-order chi connectivity index (χ1) is 12.7. The van der Waals surface area contributed by atoms with Gasteiger partial charge in [0.05, 0.1) is 16.4 Å². The lowest BCUT2D eigenvalue weighted by Gasteiger charge is -2.03. The number of halogens is 1. The number of aromatic nitrogens is 2. The average Bonchev–Trinajstić information content (AvgIpc) is 3.28. The van der Waals surface area contributed by atoms with E-state index >= 15 is 0 Å². The van der Waals surface area contributed by atoms with E-state index in [9.17, 15) is 4.79 Å². The van der Waals surface area contributed by atoms with Gasteiger partial charge in [0.25, 0.3) is 5.91 Å². The molecule has 2 aromatic carbocycles. The Kier molecular flexibility index (Phi) is 4.73. The third-order valence-electron chi connectivity index (χ3n) is 4.07. The number of fused-ring (bicyclic) bond motifs is 1. The fraction of sp³-hybridized carbons (Fsp3) is 0.100. The molecular formula is C20H16ClN3OS. The van der Waals surface area contributed by atoms with Gasteiger partial charge in [-0.1, -0.05) is 48.0 Å². The highest BCUT2D eigenvalue weighted by molar-refractivity contribution is 7.21. The molecule has 26 heavy (non-hydrogen) atoms. The molecule has 0 radical (unpaired) electrons. The lowest BCUT2D eigenvalue weighted by molar-refractivity contribution is 0.0958. The van der Waals surface area contributed by atoms with Crippen LogP contribution in [-0.2, 0) is 6.42 Å². The monoisotopic (exact) mass is 381 g/mol. The van der Waals surface area contributed by atoms with Crippen molar-refractivity contribution >= 4 is 38.9 Å². The topological polar surface area (TPSA) is 46.9 Å². The summed E-state index contributed by atoms with van der Waals surface area (Å²) >= 11 is 7.77. The van der Waals surface area contributed by atoms with Crippen LogP contribution < -0.4 is 5.32 Å². The number of hydrogen-bond acceptors (Lipinski definition) is 3. The minimum absolute atomic E-state index is 0.140. The summed E-state index contributed by atoms with van der Waals surface area (Å²) in [5.41, 5.74) is 1.94. The second kappa shape index (κ2) is 7.32. The highest BCUT2D eigenvalue weighted by Crippen LogP contribution is 2.34. The average molecular weight is 382 g/mol.